The molecule has 3 aliphatic heterocycles. The Morgan fingerprint density at radius 3 is 1.21 bits per heavy atom. The minimum atomic E-state index is -2.05. The Kier molecular flexibility index (Phi) is 1.92. The zero-order chi connectivity index (χ0) is 10.2. The molecular weight excluding hydrogens is 251 g/mol. The molecule has 0 aromatic rings. The van der Waals surface area contributed by atoms with E-state index in [2.05, 4.69) is 20.8 Å². The third-order valence-electron chi connectivity index (χ3n) is 3.68. The Hall–Kier alpha value is 1.28. The number of thioether (sulfide) groups is 3. The van der Waals surface area contributed by atoms with Crippen LogP contribution in [0.4, 0.5) is 0 Å². The van der Waals surface area contributed by atoms with E-state index in [1.165, 1.54) is 0 Å². The molecule has 3 fully saturated rings. The Morgan fingerprint density at radius 2 is 1.07 bits per heavy atom. The first kappa shape index (κ1) is 10.4. The van der Waals surface area contributed by atoms with Gasteiger partial charge in [-0.2, -0.15) is 0 Å². The van der Waals surface area contributed by atoms with Crippen molar-refractivity contribution in [2.24, 2.45) is 0 Å². The van der Waals surface area contributed by atoms with Crippen LogP contribution in [-0.4, -0.2) is 30.7 Å². The van der Waals surface area contributed by atoms with E-state index in [9.17, 15) is 4.57 Å². The Bertz CT molecular complexity index is 290. The van der Waals surface area contributed by atoms with Gasteiger partial charge < -0.3 is 4.57 Å². The van der Waals surface area contributed by atoms with Gasteiger partial charge in [0.05, 0.1) is 13.5 Å². The van der Waals surface area contributed by atoms with Gasteiger partial charge in [0, 0.05) is 17.3 Å². The molecule has 0 spiro atoms. The summed E-state index contributed by atoms with van der Waals surface area (Å²) in [6, 6.07) is 0. The maximum absolute atomic E-state index is 13.4. The van der Waals surface area contributed by atoms with Gasteiger partial charge in [-0.25, -0.2) is 0 Å². The molecule has 0 saturated carbocycles. The summed E-state index contributed by atoms with van der Waals surface area (Å²) in [4.78, 5) is 0. The van der Waals surface area contributed by atoms with Crippen LogP contribution in [0.3, 0.4) is 0 Å². The predicted octanol–water partition coefficient (Wildman–Crippen LogP) is 3.74. The molecule has 0 radical (unpaired) electrons. The second-order valence-electron chi connectivity index (χ2n) is 5.00. The van der Waals surface area contributed by atoms with E-state index in [0.29, 0.717) is 0 Å². The maximum atomic E-state index is 13.4. The van der Waals surface area contributed by atoms with Crippen LogP contribution in [-0.2, 0) is 4.57 Å². The van der Waals surface area contributed by atoms with Crippen molar-refractivity contribution in [3.8, 4) is 0 Å². The highest BCUT2D eigenvalue weighted by Crippen LogP contribution is 2.94. The summed E-state index contributed by atoms with van der Waals surface area (Å²) in [5.41, 5.74) is 0. The van der Waals surface area contributed by atoms with Gasteiger partial charge in [0.25, 0.3) is 0 Å². The Labute approximate surface area is 98.3 Å². The highest BCUT2D eigenvalue weighted by molar-refractivity contribution is 8.27. The molecule has 14 heavy (non-hydrogen) atoms. The molecule has 5 heteroatoms. The predicted molar refractivity (Wildman–Crippen MR) is 70.2 cm³/mol. The molecular formula is C9H15OPS3. The van der Waals surface area contributed by atoms with Gasteiger partial charge in [-0.3, -0.25) is 0 Å². The van der Waals surface area contributed by atoms with Crippen molar-refractivity contribution >= 4 is 42.4 Å². The SMILES string of the molecule is CC1(P(=O)(C2(C)CS2)C2(C)CS2)CS1. The van der Waals surface area contributed by atoms with Crippen molar-refractivity contribution in [3.63, 3.8) is 0 Å². The monoisotopic (exact) mass is 266 g/mol. The van der Waals surface area contributed by atoms with Gasteiger partial charge in [-0.05, 0) is 20.8 Å². The fraction of sp³-hybridized carbons (Fsp3) is 1.00. The number of hydrogen-bond donors (Lipinski definition) is 0. The van der Waals surface area contributed by atoms with Crippen LogP contribution in [0.5, 0.6) is 0 Å². The molecule has 3 unspecified atom stereocenters. The first-order chi connectivity index (χ1) is 6.37. The average molecular weight is 266 g/mol. The lowest BCUT2D eigenvalue weighted by molar-refractivity contribution is 0.555. The zero-order valence-corrected chi connectivity index (χ0v) is 12.0. The summed E-state index contributed by atoms with van der Waals surface area (Å²) in [7, 11) is -2.05. The molecule has 3 saturated heterocycles. The van der Waals surface area contributed by atoms with Crippen LogP contribution in [0.1, 0.15) is 20.8 Å². The second-order valence-corrected chi connectivity index (χ2v) is 14.5. The topological polar surface area (TPSA) is 17.1 Å². The summed E-state index contributed by atoms with van der Waals surface area (Å²) < 4.78 is 13.8. The van der Waals surface area contributed by atoms with E-state index >= 15 is 0 Å². The molecule has 3 atom stereocenters. The molecule has 3 heterocycles. The highest BCUT2D eigenvalue weighted by atomic mass is 32.2. The van der Waals surface area contributed by atoms with Crippen molar-refractivity contribution in [3.05, 3.63) is 0 Å². The first-order valence-electron chi connectivity index (χ1n) is 4.89. The van der Waals surface area contributed by atoms with Gasteiger partial charge in [0.2, 0.25) is 0 Å². The minimum Gasteiger partial charge on any atom is -0.319 e. The third kappa shape index (κ3) is 1.07. The summed E-state index contributed by atoms with van der Waals surface area (Å²) in [6.45, 7) is 6.69. The molecule has 1 nitrogen and oxygen atoms in total. The van der Waals surface area contributed by atoms with Crippen LogP contribution in [0.2, 0.25) is 0 Å². The third-order valence-corrected chi connectivity index (χ3v) is 15.7. The largest absolute Gasteiger partial charge is 0.319 e. The van der Waals surface area contributed by atoms with Gasteiger partial charge in [-0.1, -0.05) is 0 Å². The van der Waals surface area contributed by atoms with Crippen molar-refractivity contribution < 1.29 is 4.57 Å². The molecule has 3 rings (SSSR count). The van der Waals surface area contributed by atoms with Gasteiger partial charge >= 0.3 is 0 Å². The first-order valence-corrected chi connectivity index (χ1v) is 9.56. The van der Waals surface area contributed by atoms with Gasteiger partial charge in [0.15, 0.2) is 0 Å². The van der Waals surface area contributed by atoms with Crippen molar-refractivity contribution in [2.75, 3.05) is 17.3 Å². The molecule has 80 valence electrons. The van der Waals surface area contributed by atoms with E-state index in [0.717, 1.165) is 17.3 Å². The van der Waals surface area contributed by atoms with Gasteiger partial charge in [0.1, 0.15) is 7.14 Å². The standard InChI is InChI=1S/C9H15OPS3/c1-7(4-12-7)11(10,8(2)5-13-8)9(3)6-14-9/h4-6H2,1-3H3. The van der Waals surface area contributed by atoms with Crippen LogP contribution in [0, 0.1) is 0 Å². The highest BCUT2D eigenvalue weighted by Gasteiger charge is 2.76. The molecule has 3 aliphatic rings. The smallest absolute Gasteiger partial charge is 0.135 e. The molecule has 0 aromatic carbocycles. The van der Waals surface area contributed by atoms with E-state index in [4.69, 9.17) is 0 Å². The summed E-state index contributed by atoms with van der Waals surface area (Å²) >= 11 is 5.76. The molecule has 0 amide bonds. The Morgan fingerprint density at radius 1 is 0.857 bits per heavy atom. The summed E-state index contributed by atoms with van der Waals surface area (Å²) in [6.07, 6.45) is 0. The normalized spacial score (nSPS) is 59.1. The minimum absolute atomic E-state index is 0.128. The molecule has 0 aromatic heterocycles. The fourth-order valence-corrected chi connectivity index (χ4v) is 15.1. The van der Waals surface area contributed by atoms with E-state index in [-0.39, 0.29) is 13.5 Å². The van der Waals surface area contributed by atoms with Crippen molar-refractivity contribution in [2.45, 2.75) is 34.2 Å². The maximum Gasteiger partial charge on any atom is 0.135 e. The van der Waals surface area contributed by atoms with Crippen LogP contribution in [0.25, 0.3) is 0 Å². The average Bonchev–Trinajstić information content (AvgIpc) is 2.91. The lowest BCUT2D eigenvalue weighted by Gasteiger charge is -2.33. The number of hydrogen-bond acceptors (Lipinski definition) is 4. The van der Waals surface area contributed by atoms with Crippen molar-refractivity contribution in [1.29, 1.82) is 0 Å². The quantitative estimate of drug-likeness (QED) is 0.571. The molecule has 0 N–H and O–H groups in total. The molecule has 0 aliphatic carbocycles. The van der Waals surface area contributed by atoms with E-state index in [1.807, 2.05) is 35.3 Å². The second kappa shape index (κ2) is 2.57. The van der Waals surface area contributed by atoms with Crippen LogP contribution in [0.15, 0.2) is 0 Å². The van der Waals surface area contributed by atoms with Crippen LogP contribution >= 0.6 is 42.4 Å². The van der Waals surface area contributed by atoms with Gasteiger partial charge in [-0.15, -0.1) is 35.3 Å². The summed E-state index contributed by atoms with van der Waals surface area (Å²) in [5, 5.41) is 0. The fourth-order valence-electron chi connectivity index (χ4n) is 2.36. The van der Waals surface area contributed by atoms with E-state index < -0.39 is 7.14 Å². The zero-order valence-electron chi connectivity index (χ0n) is 8.70. The lowest BCUT2D eigenvalue weighted by Crippen LogP contribution is -2.26. The Balaban J connectivity index is 2.07. The summed E-state index contributed by atoms with van der Waals surface area (Å²) in [5.74, 6) is 3.36. The van der Waals surface area contributed by atoms with Crippen LogP contribution < -0.4 is 0 Å². The van der Waals surface area contributed by atoms with E-state index in [1.54, 1.807) is 0 Å². The lowest BCUT2D eigenvalue weighted by atomic mass is 10.5. The molecule has 0 bridgehead atoms. The number of rotatable bonds is 3. The van der Waals surface area contributed by atoms with Crippen molar-refractivity contribution in [1.82, 2.24) is 0 Å².